The smallest absolute Gasteiger partial charge is 0.250 e. The van der Waals surface area contributed by atoms with Crippen molar-refractivity contribution in [3.63, 3.8) is 0 Å². The first kappa shape index (κ1) is 17.6. The summed E-state index contributed by atoms with van der Waals surface area (Å²) in [5.41, 5.74) is 2.11. The van der Waals surface area contributed by atoms with Crippen LogP contribution in [-0.4, -0.2) is 43.0 Å². The zero-order valence-corrected chi connectivity index (χ0v) is 14.4. The minimum absolute atomic E-state index is 0.0324. The number of benzene rings is 1. The van der Waals surface area contributed by atoms with Gasteiger partial charge in [-0.25, -0.2) is 4.39 Å². The zero-order valence-electron chi connectivity index (χ0n) is 14.4. The second-order valence-electron chi connectivity index (χ2n) is 6.49. The Balaban J connectivity index is 1.73. The van der Waals surface area contributed by atoms with Crippen LogP contribution >= 0.6 is 0 Å². The number of carbonyl (C=O) groups is 2. The molecule has 2 amide bonds. The highest BCUT2D eigenvalue weighted by Crippen LogP contribution is 2.37. The van der Waals surface area contributed by atoms with Crippen molar-refractivity contribution in [2.75, 3.05) is 25.6 Å². The highest BCUT2D eigenvalue weighted by atomic mass is 19.1. The SMILES string of the molecule is COCCN1C(=O)C(CC(=O)Nc2cccc(F)c2)=C2CCCCC21. The van der Waals surface area contributed by atoms with E-state index >= 15 is 0 Å². The molecule has 1 aliphatic carbocycles. The molecular weight excluding hydrogens is 323 g/mol. The number of rotatable bonds is 6. The Labute approximate surface area is 146 Å². The van der Waals surface area contributed by atoms with Crippen LogP contribution in [0, 0.1) is 5.82 Å². The first-order chi connectivity index (χ1) is 12.1. The van der Waals surface area contributed by atoms with Gasteiger partial charge in [-0.3, -0.25) is 9.59 Å². The van der Waals surface area contributed by atoms with E-state index in [9.17, 15) is 14.0 Å². The third kappa shape index (κ3) is 3.90. The molecule has 5 nitrogen and oxygen atoms in total. The predicted molar refractivity (Wildman–Crippen MR) is 92.5 cm³/mol. The number of amides is 2. The van der Waals surface area contributed by atoms with Crippen LogP contribution < -0.4 is 5.32 Å². The molecule has 2 aliphatic rings. The number of anilines is 1. The van der Waals surface area contributed by atoms with E-state index in [1.54, 1.807) is 13.2 Å². The maximum absolute atomic E-state index is 13.2. The molecule has 0 bridgehead atoms. The van der Waals surface area contributed by atoms with Crippen molar-refractivity contribution in [2.24, 2.45) is 0 Å². The molecule has 0 spiro atoms. The van der Waals surface area contributed by atoms with Gasteiger partial charge in [0, 0.05) is 24.9 Å². The Morgan fingerprint density at radius 1 is 1.40 bits per heavy atom. The van der Waals surface area contributed by atoms with Crippen LogP contribution in [0.3, 0.4) is 0 Å². The number of methoxy groups -OCH3 is 1. The van der Waals surface area contributed by atoms with Crippen LogP contribution in [0.2, 0.25) is 0 Å². The van der Waals surface area contributed by atoms with Gasteiger partial charge in [-0.2, -0.15) is 0 Å². The number of hydrogen-bond donors (Lipinski definition) is 1. The number of ether oxygens (including phenoxy) is 1. The molecule has 6 heteroatoms. The molecule has 1 aromatic carbocycles. The predicted octanol–water partition coefficient (Wildman–Crippen LogP) is 2.88. The van der Waals surface area contributed by atoms with Crippen molar-refractivity contribution in [2.45, 2.75) is 38.1 Å². The van der Waals surface area contributed by atoms with E-state index in [1.807, 2.05) is 4.90 Å². The number of nitrogens with zero attached hydrogens (tertiary/aromatic N) is 1. The molecule has 0 aromatic heterocycles. The van der Waals surface area contributed by atoms with Crippen LogP contribution in [0.5, 0.6) is 0 Å². The highest BCUT2D eigenvalue weighted by molar-refractivity contribution is 6.04. The number of fused-ring (bicyclic) bond motifs is 1. The number of nitrogens with one attached hydrogen (secondary N) is 1. The van der Waals surface area contributed by atoms with E-state index < -0.39 is 5.82 Å². The summed E-state index contributed by atoms with van der Waals surface area (Å²) in [6.07, 6.45) is 3.98. The first-order valence-electron chi connectivity index (χ1n) is 8.67. The van der Waals surface area contributed by atoms with Crippen molar-refractivity contribution >= 4 is 17.5 Å². The molecule has 25 heavy (non-hydrogen) atoms. The normalized spacial score (nSPS) is 20.0. The topological polar surface area (TPSA) is 58.6 Å². The maximum atomic E-state index is 13.2. The highest BCUT2D eigenvalue weighted by Gasteiger charge is 2.40. The van der Waals surface area contributed by atoms with Gasteiger partial charge in [0.15, 0.2) is 0 Å². The Hall–Kier alpha value is -2.21. The molecule has 134 valence electrons. The second kappa shape index (κ2) is 7.78. The minimum atomic E-state index is -0.408. The van der Waals surface area contributed by atoms with Crippen LogP contribution in [-0.2, 0) is 14.3 Å². The molecule has 1 N–H and O–H groups in total. The van der Waals surface area contributed by atoms with Crippen molar-refractivity contribution in [1.29, 1.82) is 0 Å². The van der Waals surface area contributed by atoms with Crippen molar-refractivity contribution in [3.8, 4) is 0 Å². The van der Waals surface area contributed by atoms with Gasteiger partial charge >= 0.3 is 0 Å². The third-order valence-corrected chi connectivity index (χ3v) is 4.84. The van der Waals surface area contributed by atoms with Crippen LogP contribution in [0.1, 0.15) is 32.1 Å². The zero-order chi connectivity index (χ0) is 17.8. The maximum Gasteiger partial charge on any atom is 0.250 e. The summed E-state index contributed by atoms with van der Waals surface area (Å²) in [6, 6.07) is 5.86. The minimum Gasteiger partial charge on any atom is -0.383 e. The standard InChI is InChI=1S/C19H23FN2O3/c1-25-10-9-22-17-8-3-2-7-15(17)16(19(22)24)12-18(23)21-14-6-4-5-13(20)11-14/h4-6,11,17H,2-3,7-10,12H2,1H3,(H,21,23). The Kier molecular flexibility index (Phi) is 5.48. The second-order valence-corrected chi connectivity index (χ2v) is 6.49. The summed E-state index contributed by atoms with van der Waals surface area (Å²) in [5.74, 6) is -0.762. The van der Waals surface area contributed by atoms with Gasteiger partial charge in [-0.15, -0.1) is 0 Å². The monoisotopic (exact) mass is 346 g/mol. The van der Waals surface area contributed by atoms with E-state index in [-0.39, 0.29) is 24.3 Å². The molecule has 1 saturated carbocycles. The number of carbonyl (C=O) groups excluding carboxylic acids is 2. The fourth-order valence-electron chi connectivity index (χ4n) is 3.71. The van der Waals surface area contributed by atoms with E-state index in [2.05, 4.69) is 5.32 Å². The molecule has 1 aliphatic heterocycles. The van der Waals surface area contributed by atoms with Crippen molar-refractivity contribution in [3.05, 3.63) is 41.2 Å². The summed E-state index contributed by atoms with van der Waals surface area (Å²) < 4.78 is 18.4. The molecule has 0 radical (unpaired) electrons. The van der Waals surface area contributed by atoms with Gasteiger partial charge in [0.1, 0.15) is 5.82 Å². The largest absolute Gasteiger partial charge is 0.383 e. The quantitative estimate of drug-likeness (QED) is 0.862. The Morgan fingerprint density at radius 3 is 3.00 bits per heavy atom. The van der Waals surface area contributed by atoms with E-state index in [4.69, 9.17) is 4.74 Å². The van der Waals surface area contributed by atoms with Crippen molar-refractivity contribution in [1.82, 2.24) is 4.90 Å². The molecule has 0 saturated heterocycles. The molecule has 3 rings (SSSR count). The lowest BCUT2D eigenvalue weighted by molar-refractivity contribution is -0.129. The van der Waals surface area contributed by atoms with Gasteiger partial charge in [-0.05, 0) is 43.0 Å². The summed E-state index contributed by atoms with van der Waals surface area (Å²) in [6.45, 7) is 1.02. The van der Waals surface area contributed by atoms with Crippen LogP contribution in [0.15, 0.2) is 35.4 Å². The summed E-state index contributed by atoms with van der Waals surface area (Å²) in [4.78, 5) is 27.0. The van der Waals surface area contributed by atoms with Crippen LogP contribution in [0.4, 0.5) is 10.1 Å². The summed E-state index contributed by atoms with van der Waals surface area (Å²) in [7, 11) is 1.61. The Morgan fingerprint density at radius 2 is 2.24 bits per heavy atom. The third-order valence-electron chi connectivity index (χ3n) is 4.84. The van der Waals surface area contributed by atoms with E-state index in [1.165, 1.54) is 18.2 Å². The average molecular weight is 346 g/mol. The van der Waals surface area contributed by atoms with Gasteiger partial charge in [0.05, 0.1) is 19.1 Å². The van der Waals surface area contributed by atoms with Crippen LogP contribution in [0.25, 0.3) is 0 Å². The molecule has 1 atom stereocenters. The van der Waals surface area contributed by atoms with Crippen molar-refractivity contribution < 1.29 is 18.7 Å². The molecule has 1 fully saturated rings. The van der Waals surface area contributed by atoms with Gasteiger partial charge in [-0.1, -0.05) is 12.5 Å². The molecule has 1 heterocycles. The van der Waals surface area contributed by atoms with Gasteiger partial charge < -0.3 is 15.0 Å². The van der Waals surface area contributed by atoms with E-state index in [0.717, 1.165) is 31.3 Å². The summed E-state index contributed by atoms with van der Waals surface area (Å²) in [5, 5.41) is 2.68. The molecule has 1 unspecified atom stereocenters. The summed E-state index contributed by atoms with van der Waals surface area (Å²) >= 11 is 0. The molecule has 1 aromatic rings. The lowest BCUT2D eigenvalue weighted by Gasteiger charge is -2.29. The lowest BCUT2D eigenvalue weighted by atomic mass is 9.88. The Bertz CT molecular complexity index is 702. The van der Waals surface area contributed by atoms with Gasteiger partial charge in [0.2, 0.25) is 5.91 Å². The fourth-order valence-corrected chi connectivity index (χ4v) is 3.71. The first-order valence-corrected chi connectivity index (χ1v) is 8.67. The average Bonchev–Trinajstić information content (AvgIpc) is 2.85. The molecular formula is C19H23FN2O3. The lowest BCUT2D eigenvalue weighted by Crippen LogP contribution is -2.39. The number of halogens is 1. The fraction of sp³-hybridized carbons (Fsp3) is 0.474. The van der Waals surface area contributed by atoms with Gasteiger partial charge in [0.25, 0.3) is 5.91 Å². The number of hydrogen-bond acceptors (Lipinski definition) is 3. The van der Waals surface area contributed by atoms with E-state index in [0.29, 0.717) is 24.4 Å².